The highest BCUT2D eigenvalue weighted by Crippen LogP contribution is 2.47. The van der Waals surface area contributed by atoms with Crippen molar-refractivity contribution in [1.29, 1.82) is 0 Å². The van der Waals surface area contributed by atoms with E-state index in [2.05, 4.69) is 15.2 Å². The van der Waals surface area contributed by atoms with Crippen LogP contribution in [0.25, 0.3) is 0 Å². The molecule has 140 valence electrons. The summed E-state index contributed by atoms with van der Waals surface area (Å²) in [6.45, 7) is 3.53. The Labute approximate surface area is 162 Å². The van der Waals surface area contributed by atoms with E-state index in [-0.39, 0.29) is 24.0 Å². The molecule has 0 radical (unpaired) electrons. The average molecular weight is 471 g/mol. The normalized spacial score (nSPS) is 25.9. The molecule has 2 aliphatic heterocycles. The molecule has 0 atom stereocenters. The highest BCUT2D eigenvalue weighted by molar-refractivity contribution is 14.0. The molecular weight excluding hydrogens is 441 g/mol. The Morgan fingerprint density at radius 2 is 1.88 bits per heavy atom. The molecule has 1 saturated carbocycles. The lowest BCUT2D eigenvalue weighted by atomic mass is 9.68. The van der Waals surface area contributed by atoms with Crippen LogP contribution in [0.5, 0.6) is 0 Å². The lowest BCUT2D eigenvalue weighted by molar-refractivity contribution is 0.0754. The molecule has 24 heavy (non-hydrogen) atoms. The first-order valence-electron chi connectivity index (χ1n) is 8.63. The van der Waals surface area contributed by atoms with Crippen molar-refractivity contribution in [3.8, 4) is 0 Å². The molecule has 8 heteroatoms. The van der Waals surface area contributed by atoms with Gasteiger partial charge in [-0.2, -0.15) is 0 Å². The fourth-order valence-corrected chi connectivity index (χ4v) is 5.44. The Balaban J connectivity index is 0.00000208. The maximum absolute atomic E-state index is 12.3. The number of ether oxygens (including phenoxy) is 1. The number of aliphatic imine (C=N–C) groups is 1. The molecule has 0 unspecified atom stereocenters. The van der Waals surface area contributed by atoms with Crippen LogP contribution in [-0.4, -0.2) is 70.2 Å². The van der Waals surface area contributed by atoms with E-state index in [9.17, 15) is 8.42 Å². The first-order chi connectivity index (χ1) is 10.9. The number of sulfone groups is 1. The van der Waals surface area contributed by atoms with E-state index in [4.69, 9.17) is 4.74 Å². The maximum Gasteiger partial charge on any atom is 0.193 e. The summed E-state index contributed by atoms with van der Waals surface area (Å²) in [5.41, 5.74) is 0.505. The Morgan fingerprint density at radius 3 is 2.33 bits per heavy atom. The predicted octanol–water partition coefficient (Wildman–Crippen LogP) is 1.65. The highest BCUT2D eigenvalue weighted by atomic mass is 127. The summed E-state index contributed by atoms with van der Waals surface area (Å²) in [5.74, 6) is 0.850. The summed E-state index contributed by atoms with van der Waals surface area (Å²) >= 11 is 0. The second-order valence-electron chi connectivity index (χ2n) is 7.49. The van der Waals surface area contributed by atoms with Crippen molar-refractivity contribution >= 4 is 39.8 Å². The van der Waals surface area contributed by atoms with Gasteiger partial charge in [0.25, 0.3) is 0 Å². The van der Waals surface area contributed by atoms with Gasteiger partial charge in [-0.15, -0.1) is 24.0 Å². The van der Waals surface area contributed by atoms with Crippen LogP contribution >= 0.6 is 24.0 Å². The van der Waals surface area contributed by atoms with Gasteiger partial charge in [-0.25, -0.2) is 8.42 Å². The SMILES string of the molecule is CN=C(NCC1(S(C)(=O)=O)CCOCC1)N1CCC2(CCC2)C1.I. The largest absolute Gasteiger partial charge is 0.381 e. The number of nitrogens with one attached hydrogen (secondary N) is 1. The first-order valence-corrected chi connectivity index (χ1v) is 10.5. The van der Waals surface area contributed by atoms with Crippen molar-refractivity contribution < 1.29 is 13.2 Å². The minimum absolute atomic E-state index is 0. The summed E-state index contributed by atoms with van der Waals surface area (Å²) in [5, 5.41) is 3.36. The van der Waals surface area contributed by atoms with Crippen LogP contribution in [0.2, 0.25) is 0 Å². The van der Waals surface area contributed by atoms with Crippen LogP contribution in [0.3, 0.4) is 0 Å². The third-order valence-electron chi connectivity index (χ3n) is 6.12. The van der Waals surface area contributed by atoms with E-state index >= 15 is 0 Å². The third kappa shape index (κ3) is 3.85. The molecule has 6 nitrogen and oxygen atoms in total. The van der Waals surface area contributed by atoms with E-state index in [1.807, 2.05) is 0 Å². The Hall–Kier alpha value is -0.0900. The van der Waals surface area contributed by atoms with Crippen LogP contribution < -0.4 is 5.32 Å². The van der Waals surface area contributed by atoms with Gasteiger partial charge in [0.05, 0.1) is 4.75 Å². The molecular formula is C16H30IN3O3S. The molecule has 0 aromatic heterocycles. The number of nitrogens with zero attached hydrogens (tertiary/aromatic N) is 2. The second-order valence-corrected chi connectivity index (χ2v) is 9.90. The summed E-state index contributed by atoms with van der Waals surface area (Å²) in [7, 11) is -1.36. The van der Waals surface area contributed by atoms with Gasteiger partial charge in [-0.05, 0) is 37.5 Å². The highest BCUT2D eigenvalue weighted by Gasteiger charge is 2.45. The third-order valence-corrected chi connectivity index (χ3v) is 8.25. The minimum Gasteiger partial charge on any atom is -0.381 e. The monoisotopic (exact) mass is 471 g/mol. The summed E-state index contributed by atoms with van der Waals surface area (Å²) in [6.07, 6.45) is 7.69. The van der Waals surface area contributed by atoms with Gasteiger partial charge in [-0.1, -0.05) is 6.42 Å². The standard InChI is InChI=1S/C16H29N3O3S.HI/c1-17-14(19-9-6-15(13-19)4-3-5-15)18-12-16(23(2,20)21)7-10-22-11-8-16;/h3-13H2,1-2H3,(H,17,18);1H. The van der Waals surface area contributed by atoms with Crippen LogP contribution in [0.1, 0.15) is 38.5 Å². The molecule has 3 aliphatic rings. The average Bonchev–Trinajstić information content (AvgIpc) is 2.93. The van der Waals surface area contributed by atoms with Gasteiger partial charge >= 0.3 is 0 Å². The fourth-order valence-electron chi connectivity index (χ4n) is 4.20. The van der Waals surface area contributed by atoms with Crippen LogP contribution in [0.15, 0.2) is 4.99 Å². The first kappa shape index (κ1) is 20.2. The molecule has 0 aromatic carbocycles. The molecule has 3 rings (SSSR count). The smallest absolute Gasteiger partial charge is 0.193 e. The molecule has 0 bridgehead atoms. The molecule has 1 aliphatic carbocycles. The summed E-state index contributed by atoms with van der Waals surface area (Å²) in [6, 6.07) is 0. The number of likely N-dealkylation sites (tertiary alicyclic amines) is 1. The van der Waals surface area contributed by atoms with Crippen LogP contribution in [0.4, 0.5) is 0 Å². The molecule has 1 spiro atoms. The number of guanidine groups is 1. The molecule has 2 saturated heterocycles. The minimum atomic E-state index is -3.15. The topological polar surface area (TPSA) is 71.0 Å². The molecule has 1 N–H and O–H groups in total. The van der Waals surface area contributed by atoms with Gasteiger partial charge in [0, 0.05) is 46.2 Å². The quantitative estimate of drug-likeness (QED) is 0.385. The number of hydrogen-bond acceptors (Lipinski definition) is 4. The second kappa shape index (κ2) is 7.65. The molecule has 3 fully saturated rings. The van der Waals surface area contributed by atoms with E-state index < -0.39 is 14.6 Å². The predicted molar refractivity (Wildman–Crippen MR) is 107 cm³/mol. The van der Waals surface area contributed by atoms with Gasteiger partial charge in [-0.3, -0.25) is 4.99 Å². The number of hydrogen-bond donors (Lipinski definition) is 1. The fraction of sp³-hybridized carbons (Fsp3) is 0.938. The van der Waals surface area contributed by atoms with Gasteiger partial charge in [0.1, 0.15) is 0 Å². The van der Waals surface area contributed by atoms with Gasteiger partial charge < -0.3 is 15.0 Å². The number of rotatable bonds is 3. The van der Waals surface area contributed by atoms with Crippen molar-refractivity contribution in [2.45, 2.75) is 43.3 Å². The van der Waals surface area contributed by atoms with E-state index in [0.717, 1.165) is 19.0 Å². The van der Waals surface area contributed by atoms with Crippen molar-refractivity contribution in [1.82, 2.24) is 10.2 Å². The van der Waals surface area contributed by atoms with Crippen LogP contribution in [-0.2, 0) is 14.6 Å². The Kier molecular flexibility index (Phi) is 6.45. The molecule has 2 heterocycles. The van der Waals surface area contributed by atoms with Crippen molar-refractivity contribution in [2.75, 3.05) is 46.2 Å². The van der Waals surface area contributed by atoms with Crippen molar-refractivity contribution in [3.63, 3.8) is 0 Å². The van der Waals surface area contributed by atoms with E-state index in [1.165, 1.54) is 31.9 Å². The lowest BCUT2D eigenvalue weighted by Crippen LogP contribution is -2.54. The van der Waals surface area contributed by atoms with Crippen molar-refractivity contribution in [3.05, 3.63) is 0 Å². The zero-order valence-corrected chi connectivity index (χ0v) is 17.9. The lowest BCUT2D eigenvalue weighted by Gasteiger charge is -2.39. The van der Waals surface area contributed by atoms with E-state index in [0.29, 0.717) is 38.0 Å². The molecule has 0 aromatic rings. The van der Waals surface area contributed by atoms with E-state index in [1.54, 1.807) is 7.05 Å². The van der Waals surface area contributed by atoms with Gasteiger partial charge in [0.2, 0.25) is 0 Å². The van der Waals surface area contributed by atoms with Crippen molar-refractivity contribution in [2.24, 2.45) is 10.4 Å². The number of halogens is 1. The zero-order valence-electron chi connectivity index (χ0n) is 14.7. The summed E-state index contributed by atoms with van der Waals surface area (Å²) in [4.78, 5) is 6.70. The maximum atomic E-state index is 12.3. The summed E-state index contributed by atoms with van der Waals surface area (Å²) < 4.78 is 29.3. The van der Waals surface area contributed by atoms with Gasteiger partial charge in [0.15, 0.2) is 15.8 Å². The molecule has 0 amide bonds. The zero-order chi connectivity index (χ0) is 16.6. The Morgan fingerprint density at radius 1 is 1.21 bits per heavy atom. The van der Waals surface area contributed by atoms with Crippen LogP contribution in [0, 0.1) is 5.41 Å². The Bertz CT molecular complexity index is 569.